The number of methoxy groups -OCH3 is 1. The summed E-state index contributed by atoms with van der Waals surface area (Å²) in [5.41, 5.74) is -0.0988. The minimum atomic E-state index is -5.07. The van der Waals surface area contributed by atoms with Gasteiger partial charge in [-0.3, -0.25) is 23.7 Å². The molecule has 0 radical (unpaired) electrons. The molecule has 1 atom stereocenters. The van der Waals surface area contributed by atoms with Crippen LogP contribution in [-0.2, 0) is 26.1 Å². The molecule has 0 aromatic heterocycles. The molecule has 0 saturated heterocycles. The number of carbonyl (C=O) groups excluding carboxylic acids is 5. The Morgan fingerprint density at radius 2 is 1.30 bits per heavy atom. The van der Waals surface area contributed by atoms with Crippen molar-refractivity contribution in [2.24, 2.45) is 0 Å². The molecule has 1 aliphatic carbocycles. The van der Waals surface area contributed by atoms with Crippen molar-refractivity contribution < 1.29 is 92.4 Å². The molecule has 5 N–H and O–H groups in total. The molecular weight excluding hydrogens is 916 g/mol. The molecule has 15 nitrogen and oxygen atoms in total. The van der Waals surface area contributed by atoms with Gasteiger partial charge in [0, 0.05) is 34.4 Å². The number of phenolic OH excluding ortho intramolecular Hbond substituents is 2. The summed E-state index contributed by atoms with van der Waals surface area (Å²) in [6, 6.07) is 24.1. The molecule has 0 spiro atoms. The Hall–Kier alpha value is -6.04. The maximum Gasteiger partial charge on any atom is 1.00 e. The van der Waals surface area contributed by atoms with Crippen molar-refractivity contribution in [3.05, 3.63) is 136 Å². The van der Waals surface area contributed by atoms with Gasteiger partial charge >= 0.3 is 35.5 Å². The molecule has 0 saturated carbocycles. The number of unbranched alkanes of at least 4 members (excludes halogenated alkanes) is 11. The number of phenols is 2. The summed E-state index contributed by atoms with van der Waals surface area (Å²) in [7, 11) is -3.62. The van der Waals surface area contributed by atoms with E-state index in [1.165, 1.54) is 113 Å². The number of hydrogen-bond donors (Lipinski definition) is 5. The maximum absolute atomic E-state index is 14.0. The first-order chi connectivity index (χ1) is 32.7. The van der Waals surface area contributed by atoms with Crippen LogP contribution in [0.5, 0.6) is 23.0 Å². The van der Waals surface area contributed by atoms with E-state index in [0.29, 0.717) is 11.8 Å². The number of esters is 1. The first kappa shape index (κ1) is 53.9. The largest absolute Gasteiger partial charge is 1.00 e. The number of hydrogen-bond acceptors (Lipinski definition) is 12. The number of ketones is 2. The monoisotopic (exact) mass is 972 g/mol. The van der Waals surface area contributed by atoms with Crippen LogP contribution in [0.1, 0.15) is 144 Å². The zero-order valence-electron chi connectivity index (χ0n) is 40.0. The molecule has 360 valence electrons. The van der Waals surface area contributed by atoms with E-state index in [-0.39, 0.29) is 83.4 Å². The van der Waals surface area contributed by atoms with Crippen molar-refractivity contribution in [2.45, 2.75) is 101 Å². The number of amides is 2. The molecule has 0 heterocycles. The number of aromatic hydroxyl groups is 2. The number of rotatable bonds is 24. The van der Waals surface area contributed by atoms with Gasteiger partial charge in [0.2, 0.25) is 0 Å². The predicted molar refractivity (Wildman–Crippen MR) is 256 cm³/mol. The Morgan fingerprint density at radius 3 is 1.93 bits per heavy atom. The van der Waals surface area contributed by atoms with Gasteiger partial charge in [0.1, 0.15) is 16.4 Å². The maximum atomic E-state index is 14.0. The average Bonchev–Trinajstić information content (AvgIpc) is 3.32. The van der Waals surface area contributed by atoms with Crippen LogP contribution in [0.25, 0.3) is 0 Å². The topological polar surface area (TPSA) is 232 Å². The summed E-state index contributed by atoms with van der Waals surface area (Å²) in [5.74, 6) is -5.43. The average molecular weight is 973 g/mol. The summed E-state index contributed by atoms with van der Waals surface area (Å²) in [5, 5.41) is 26.2. The summed E-state index contributed by atoms with van der Waals surface area (Å²) >= 11 is 0. The summed E-state index contributed by atoms with van der Waals surface area (Å²) in [6.45, 7) is 2.52. The van der Waals surface area contributed by atoms with Gasteiger partial charge in [-0.1, -0.05) is 108 Å². The van der Waals surface area contributed by atoms with Gasteiger partial charge in [0.05, 0.1) is 30.5 Å². The van der Waals surface area contributed by atoms with Crippen molar-refractivity contribution in [1.29, 1.82) is 0 Å². The van der Waals surface area contributed by atoms with E-state index in [0.717, 1.165) is 24.8 Å². The van der Waals surface area contributed by atoms with Gasteiger partial charge in [0.25, 0.3) is 21.9 Å². The minimum Gasteiger partial charge on any atom is -1.00 e. The summed E-state index contributed by atoms with van der Waals surface area (Å²) in [6.07, 6.45) is 13.4. The van der Waals surface area contributed by atoms with Crippen LogP contribution in [0.3, 0.4) is 0 Å². The minimum absolute atomic E-state index is 0. The standard InChI is InChI=1S/C52H56N2O13S.Na.H/c1-3-4-5-6-7-8-9-10-11-12-13-17-28-66-52(61)35-22-27-42(65-2)41(30-35)54-51(60)43(29-33-18-15-14-16-19-33)67-37-24-20-34(21-25-37)50(59)53-36-23-26-38-39(31-36)47(56)45-40(46(38)55)32-44(68(62,63)64)48(57)49(45)58;;/h14-16,18-27,30-32,43,57-58H,3-13,17,28-29H2,1-2H3,(H,53,59)(H,54,60)(H,62,63,64);;/q;+1;-1. The van der Waals surface area contributed by atoms with Crippen LogP contribution in [0.4, 0.5) is 11.4 Å². The van der Waals surface area contributed by atoms with Gasteiger partial charge in [-0.15, -0.1) is 0 Å². The predicted octanol–water partition coefficient (Wildman–Crippen LogP) is 6.98. The van der Waals surface area contributed by atoms with Gasteiger partial charge < -0.3 is 36.5 Å². The van der Waals surface area contributed by atoms with Gasteiger partial charge in [0.15, 0.2) is 29.2 Å². The van der Waals surface area contributed by atoms with Crippen LogP contribution in [0, 0.1) is 0 Å². The number of carbonyl (C=O) groups is 5. The summed E-state index contributed by atoms with van der Waals surface area (Å²) < 4.78 is 50.2. The Morgan fingerprint density at radius 1 is 0.681 bits per heavy atom. The molecule has 0 fully saturated rings. The van der Waals surface area contributed by atoms with Crippen molar-refractivity contribution in [3.63, 3.8) is 0 Å². The second-order valence-corrected chi connectivity index (χ2v) is 18.0. The number of benzene rings is 5. The van der Waals surface area contributed by atoms with Crippen LogP contribution >= 0.6 is 0 Å². The first-order valence-electron chi connectivity index (χ1n) is 22.8. The van der Waals surface area contributed by atoms with E-state index in [1.54, 1.807) is 12.1 Å². The molecule has 69 heavy (non-hydrogen) atoms. The summed E-state index contributed by atoms with van der Waals surface area (Å²) in [4.78, 5) is 66.0. The van der Waals surface area contributed by atoms with Crippen LogP contribution in [-0.4, -0.2) is 72.4 Å². The number of nitrogens with one attached hydrogen (secondary N) is 2. The van der Waals surface area contributed by atoms with Crippen molar-refractivity contribution in [2.75, 3.05) is 24.4 Å². The molecule has 1 aliphatic rings. The van der Waals surface area contributed by atoms with E-state index < -0.39 is 73.1 Å². The first-order valence-corrected chi connectivity index (χ1v) is 24.2. The van der Waals surface area contributed by atoms with Crippen LogP contribution < -0.4 is 49.7 Å². The van der Waals surface area contributed by atoms with E-state index >= 15 is 0 Å². The van der Waals surface area contributed by atoms with Crippen molar-refractivity contribution in [1.82, 2.24) is 0 Å². The molecule has 5 aromatic rings. The van der Waals surface area contributed by atoms with Gasteiger partial charge in [-0.05, 0) is 78.7 Å². The Labute approximate surface area is 425 Å². The molecular formula is C52H57N2NaO13S. The fourth-order valence-corrected chi connectivity index (χ4v) is 8.54. The molecule has 5 aromatic carbocycles. The third-order valence-electron chi connectivity index (χ3n) is 11.6. The quantitative estimate of drug-likeness (QED) is 0.0136. The fourth-order valence-electron chi connectivity index (χ4n) is 7.93. The third kappa shape index (κ3) is 14.3. The molecule has 1 unspecified atom stereocenters. The second-order valence-electron chi connectivity index (χ2n) is 16.6. The number of fused-ring (bicyclic) bond motifs is 2. The fraction of sp³-hybridized carbons (Fsp3) is 0.327. The number of anilines is 2. The molecule has 2 amide bonds. The molecule has 17 heteroatoms. The Balaban J connectivity index is 0.00000533. The Bertz CT molecular complexity index is 2750. The SMILES string of the molecule is CCCCCCCCCCCCCCOC(=O)c1ccc(OC)c(NC(=O)C(Cc2ccccc2)Oc2ccc(C(=O)Nc3ccc4c(c3)C(=O)c3c(cc(S(=O)(=O)O)c(O)c3O)C4=O)cc2)c1.[H-].[Na+]. The molecule has 6 rings (SSSR count). The van der Waals surface area contributed by atoms with E-state index in [4.69, 9.17) is 14.2 Å². The van der Waals surface area contributed by atoms with Gasteiger partial charge in [-0.25, -0.2) is 4.79 Å². The van der Waals surface area contributed by atoms with Gasteiger partial charge in [-0.2, -0.15) is 8.42 Å². The normalized spacial score (nSPS) is 12.2. The zero-order valence-corrected chi connectivity index (χ0v) is 41.9. The van der Waals surface area contributed by atoms with E-state index in [2.05, 4.69) is 17.6 Å². The van der Waals surface area contributed by atoms with Crippen LogP contribution in [0.2, 0.25) is 0 Å². The Kier molecular flexibility index (Phi) is 19.9. The third-order valence-corrected chi connectivity index (χ3v) is 12.5. The van der Waals surface area contributed by atoms with E-state index in [9.17, 15) is 47.2 Å². The van der Waals surface area contributed by atoms with Crippen LogP contribution in [0.15, 0.2) is 102 Å². The smallest absolute Gasteiger partial charge is 1.00 e. The molecule has 0 aliphatic heterocycles. The van der Waals surface area contributed by atoms with Crippen molar-refractivity contribution in [3.8, 4) is 23.0 Å². The van der Waals surface area contributed by atoms with Crippen molar-refractivity contribution >= 4 is 50.8 Å². The molecule has 0 bridgehead atoms. The zero-order chi connectivity index (χ0) is 48.8. The second kappa shape index (κ2) is 25.5. The number of ether oxygens (including phenoxy) is 3. The van der Waals surface area contributed by atoms with E-state index in [1.807, 2.05) is 30.3 Å².